The van der Waals surface area contributed by atoms with Crippen LogP contribution < -0.4 is 4.90 Å². The molecule has 1 aliphatic heterocycles. The van der Waals surface area contributed by atoms with Crippen molar-refractivity contribution in [2.75, 3.05) is 31.1 Å². The lowest BCUT2D eigenvalue weighted by Crippen LogP contribution is -2.46. The van der Waals surface area contributed by atoms with Gasteiger partial charge in [0.1, 0.15) is 5.82 Å². The van der Waals surface area contributed by atoms with Gasteiger partial charge in [0, 0.05) is 49.7 Å². The predicted octanol–water partition coefficient (Wildman–Crippen LogP) is 2.05. The first-order valence-electron chi connectivity index (χ1n) is 8.26. The second kappa shape index (κ2) is 6.49. The Morgan fingerprint density at radius 1 is 0.917 bits per heavy atom. The van der Waals surface area contributed by atoms with Crippen LogP contribution in [0, 0.1) is 6.92 Å². The van der Waals surface area contributed by atoms with Crippen molar-refractivity contribution in [1.29, 1.82) is 0 Å². The molecule has 0 saturated carbocycles. The Hall–Kier alpha value is -2.60. The van der Waals surface area contributed by atoms with Crippen LogP contribution in [-0.4, -0.2) is 51.0 Å². The van der Waals surface area contributed by atoms with Crippen molar-refractivity contribution in [3.8, 4) is 0 Å². The molecule has 0 spiro atoms. The zero-order valence-corrected chi connectivity index (χ0v) is 13.8. The van der Waals surface area contributed by atoms with Gasteiger partial charge in [0.25, 0.3) is 0 Å². The van der Waals surface area contributed by atoms with Gasteiger partial charge in [0.2, 0.25) is 5.95 Å². The van der Waals surface area contributed by atoms with Crippen molar-refractivity contribution < 1.29 is 0 Å². The molecular formula is C18H20N6. The van der Waals surface area contributed by atoms with Crippen LogP contribution in [-0.2, 0) is 6.54 Å². The summed E-state index contributed by atoms with van der Waals surface area (Å²) in [6, 6.07) is 10.0. The molecule has 0 amide bonds. The average molecular weight is 320 g/mol. The maximum absolute atomic E-state index is 4.72. The summed E-state index contributed by atoms with van der Waals surface area (Å²) in [6.07, 6.45) is 3.58. The molecule has 2 aromatic heterocycles. The second-order valence-electron chi connectivity index (χ2n) is 6.05. The van der Waals surface area contributed by atoms with Crippen molar-refractivity contribution in [2.45, 2.75) is 13.5 Å². The van der Waals surface area contributed by atoms with Crippen LogP contribution in [0.4, 0.5) is 5.95 Å². The fraction of sp³-hybridized carbons (Fsp3) is 0.333. The van der Waals surface area contributed by atoms with Gasteiger partial charge >= 0.3 is 0 Å². The summed E-state index contributed by atoms with van der Waals surface area (Å²) in [7, 11) is 0. The zero-order valence-electron chi connectivity index (χ0n) is 13.8. The van der Waals surface area contributed by atoms with Crippen molar-refractivity contribution >= 4 is 16.9 Å². The van der Waals surface area contributed by atoms with Crippen LogP contribution in [0.1, 0.15) is 11.5 Å². The normalized spacial score (nSPS) is 15.8. The van der Waals surface area contributed by atoms with E-state index in [1.54, 1.807) is 12.4 Å². The van der Waals surface area contributed by atoms with E-state index in [1.165, 1.54) is 0 Å². The highest BCUT2D eigenvalue weighted by Gasteiger charge is 2.19. The predicted molar refractivity (Wildman–Crippen MR) is 93.8 cm³/mol. The molecule has 1 saturated heterocycles. The van der Waals surface area contributed by atoms with Crippen LogP contribution in [0.5, 0.6) is 0 Å². The first kappa shape index (κ1) is 15.0. The molecule has 122 valence electrons. The van der Waals surface area contributed by atoms with Crippen molar-refractivity contribution in [2.24, 2.45) is 0 Å². The van der Waals surface area contributed by atoms with E-state index in [0.29, 0.717) is 0 Å². The van der Waals surface area contributed by atoms with Gasteiger partial charge in [-0.25, -0.2) is 19.9 Å². The van der Waals surface area contributed by atoms with Crippen LogP contribution in [0.25, 0.3) is 10.9 Å². The van der Waals surface area contributed by atoms with Gasteiger partial charge in [-0.1, -0.05) is 18.2 Å². The summed E-state index contributed by atoms with van der Waals surface area (Å²) in [5.74, 6) is 1.71. The highest BCUT2D eigenvalue weighted by atomic mass is 15.3. The molecule has 3 aromatic rings. The molecule has 0 aliphatic carbocycles. The Morgan fingerprint density at radius 3 is 2.46 bits per heavy atom. The van der Waals surface area contributed by atoms with Gasteiger partial charge in [-0.3, -0.25) is 4.90 Å². The highest BCUT2D eigenvalue weighted by Crippen LogP contribution is 2.16. The third-order valence-electron chi connectivity index (χ3n) is 4.41. The highest BCUT2D eigenvalue weighted by molar-refractivity contribution is 5.80. The van der Waals surface area contributed by atoms with E-state index in [9.17, 15) is 0 Å². The molecule has 24 heavy (non-hydrogen) atoms. The lowest BCUT2D eigenvalue weighted by Gasteiger charge is -2.34. The minimum atomic E-state index is 0.787. The summed E-state index contributed by atoms with van der Waals surface area (Å²) >= 11 is 0. The smallest absolute Gasteiger partial charge is 0.225 e. The number of hydrogen-bond acceptors (Lipinski definition) is 6. The first-order chi connectivity index (χ1) is 11.8. The molecule has 0 unspecified atom stereocenters. The molecule has 6 heteroatoms. The molecule has 3 heterocycles. The van der Waals surface area contributed by atoms with E-state index >= 15 is 0 Å². The fourth-order valence-electron chi connectivity index (χ4n) is 3.13. The molecule has 6 nitrogen and oxygen atoms in total. The van der Waals surface area contributed by atoms with Crippen molar-refractivity contribution in [1.82, 2.24) is 24.8 Å². The largest absolute Gasteiger partial charge is 0.338 e. The van der Waals surface area contributed by atoms with Gasteiger partial charge in [0.05, 0.1) is 12.1 Å². The quantitative estimate of drug-likeness (QED) is 0.736. The summed E-state index contributed by atoms with van der Waals surface area (Å²) < 4.78 is 0. The number of nitrogens with zero attached hydrogens (tertiary/aromatic N) is 6. The molecule has 0 radical (unpaired) electrons. The van der Waals surface area contributed by atoms with E-state index in [4.69, 9.17) is 4.98 Å². The summed E-state index contributed by atoms with van der Waals surface area (Å²) in [5, 5.41) is 1.13. The van der Waals surface area contributed by atoms with E-state index in [2.05, 4.69) is 43.8 Å². The maximum Gasteiger partial charge on any atom is 0.225 e. The first-order valence-corrected chi connectivity index (χ1v) is 8.26. The van der Waals surface area contributed by atoms with Gasteiger partial charge in [-0.05, 0) is 19.1 Å². The number of rotatable bonds is 3. The molecule has 4 rings (SSSR count). The molecule has 0 N–H and O–H groups in total. The SMILES string of the molecule is Cc1nc(CN2CCN(c3ncccn3)CC2)nc2ccccc12. The lowest BCUT2D eigenvalue weighted by atomic mass is 10.2. The Balaban J connectivity index is 1.44. The zero-order chi connectivity index (χ0) is 16.4. The number of aromatic nitrogens is 4. The standard InChI is InChI=1S/C18H20N6/c1-14-15-5-2-3-6-16(15)22-17(21-14)13-23-9-11-24(12-10-23)18-19-7-4-8-20-18/h2-8H,9-13H2,1H3. The Labute approximate surface area is 141 Å². The molecule has 0 atom stereocenters. The molecule has 1 aliphatic rings. The van der Waals surface area contributed by atoms with E-state index in [1.807, 2.05) is 18.2 Å². The second-order valence-corrected chi connectivity index (χ2v) is 6.05. The number of fused-ring (bicyclic) bond motifs is 1. The minimum absolute atomic E-state index is 0.787. The number of para-hydroxylation sites is 1. The van der Waals surface area contributed by atoms with Gasteiger partial charge in [-0.15, -0.1) is 0 Å². The number of piperazine rings is 1. The fourth-order valence-corrected chi connectivity index (χ4v) is 3.13. The molecule has 1 fully saturated rings. The van der Waals surface area contributed by atoms with E-state index in [-0.39, 0.29) is 0 Å². The third kappa shape index (κ3) is 3.05. The monoisotopic (exact) mass is 320 g/mol. The van der Waals surface area contributed by atoms with Crippen molar-refractivity contribution in [3.63, 3.8) is 0 Å². The Bertz CT molecular complexity index is 827. The van der Waals surface area contributed by atoms with Gasteiger partial charge in [0.15, 0.2) is 0 Å². The summed E-state index contributed by atoms with van der Waals surface area (Å²) in [4.78, 5) is 22.7. The van der Waals surface area contributed by atoms with E-state index in [0.717, 1.165) is 61.1 Å². The summed E-state index contributed by atoms with van der Waals surface area (Å²) in [5.41, 5.74) is 2.07. The number of aryl methyl sites for hydroxylation is 1. The van der Waals surface area contributed by atoms with Crippen LogP contribution in [0.15, 0.2) is 42.7 Å². The minimum Gasteiger partial charge on any atom is -0.338 e. The van der Waals surface area contributed by atoms with Gasteiger partial charge < -0.3 is 4.90 Å². The Kier molecular flexibility index (Phi) is 4.04. The molecular weight excluding hydrogens is 300 g/mol. The van der Waals surface area contributed by atoms with Crippen LogP contribution >= 0.6 is 0 Å². The maximum atomic E-state index is 4.72. The Morgan fingerprint density at radius 2 is 1.67 bits per heavy atom. The molecule has 1 aromatic carbocycles. The molecule has 0 bridgehead atoms. The number of anilines is 1. The van der Waals surface area contributed by atoms with Crippen LogP contribution in [0.2, 0.25) is 0 Å². The summed E-state index contributed by atoms with van der Waals surface area (Å²) in [6.45, 7) is 6.63. The number of benzene rings is 1. The van der Waals surface area contributed by atoms with E-state index < -0.39 is 0 Å². The van der Waals surface area contributed by atoms with Crippen molar-refractivity contribution in [3.05, 3.63) is 54.2 Å². The van der Waals surface area contributed by atoms with Gasteiger partial charge in [-0.2, -0.15) is 0 Å². The average Bonchev–Trinajstić information content (AvgIpc) is 2.63. The lowest BCUT2D eigenvalue weighted by molar-refractivity contribution is 0.243. The third-order valence-corrected chi connectivity index (χ3v) is 4.41. The number of hydrogen-bond donors (Lipinski definition) is 0. The topological polar surface area (TPSA) is 58.0 Å². The van der Waals surface area contributed by atoms with Crippen LogP contribution in [0.3, 0.4) is 0 Å².